The first-order chi connectivity index (χ1) is 7.24. The molecule has 1 aromatic heterocycles. The first-order valence-electron chi connectivity index (χ1n) is 4.78. The fourth-order valence-corrected chi connectivity index (χ4v) is 1.85. The van der Waals surface area contributed by atoms with Crippen LogP contribution in [0.25, 0.3) is 11.0 Å². The summed E-state index contributed by atoms with van der Waals surface area (Å²) in [4.78, 5) is 0. The summed E-state index contributed by atoms with van der Waals surface area (Å²) in [6, 6.07) is 3.72. The van der Waals surface area contributed by atoms with Gasteiger partial charge in [-0.15, -0.1) is 0 Å². The largest absolute Gasteiger partial charge is 0.462 e. The van der Waals surface area contributed by atoms with Crippen molar-refractivity contribution in [1.82, 2.24) is 5.32 Å². The molecule has 0 spiro atoms. The van der Waals surface area contributed by atoms with Crippen LogP contribution >= 0.6 is 23.2 Å². The average Bonchev–Trinajstić information content (AvgIpc) is 2.64. The van der Waals surface area contributed by atoms with Gasteiger partial charge < -0.3 is 9.73 Å². The van der Waals surface area contributed by atoms with E-state index >= 15 is 0 Å². The molecule has 1 N–H and O–H groups in total. The SMILES string of the molecule is CCNCc1coc2c(Cl)c(Cl)ccc12. The topological polar surface area (TPSA) is 25.2 Å². The van der Waals surface area contributed by atoms with Crippen LogP contribution in [0.1, 0.15) is 12.5 Å². The standard InChI is InChI=1S/C11H11Cl2NO/c1-2-14-5-7-6-15-11-8(7)3-4-9(12)10(11)13/h3-4,6,14H,2,5H2,1H3. The lowest BCUT2D eigenvalue weighted by molar-refractivity contribution is 0.604. The second-order valence-corrected chi connectivity index (χ2v) is 4.06. The Morgan fingerprint density at radius 3 is 2.87 bits per heavy atom. The van der Waals surface area contributed by atoms with E-state index in [2.05, 4.69) is 12.2 Å². The van der Waals surface area contributed by atoms with E-state index < -0.39 is 0 Å². The maximum Gasteiger partial charge on any atom is 0.154 e. The molecule has 0 saturated carbocycles. The molecule has 2 nitrogen and oxygen atoms in total. The van der Waals surface area contributed by atoms with Gasteiger partial charge >= 0.3 is 0 Å². The number of halogens is 2. The molecule has 80 valence electrons. The van der Waals surface area contributed by atoms with Gasteiger partial charge in [0.05, 0.1) is 11.3 Å². The van der Waals surface area contributed by atoms with Gasteiger partial charge in [0.1, 0.15) is 5.02 Å². The molecule has 2 aromatic rings. The van der Waals surface area contributed by atoms with Crippen molar-refractivity contribution >= 4 is 34.2 Å². The third kappa shape index (κ3) is 1.98. The van der Waals surface area contributed by atoms with Crippen molar-refractivity contribution in [3.8, 4) is 0 Å². The van der Waals surface area contributed by atoms with Gasteiger partial charge in [-0.05, 0) is 18.7 Å². The summed E-state index contributed by atoms with van der Waals surface area (Å²) in [5, 5.41) is 5.26. The van der Waals surface area contributed by atoms with Gasteiger partial charge in [0.25, 0.3) is 0 Å². The van der Waals surface area contributed by atoms with Crippen molar-refractivity contribution in [3.05, 3.63) is 34.0 Å². The molecule has 0 fully saturated rings. The minimum absolute atomic E-state index is 0.483. The fraction of sp³-hybridized carbons (Fsp3) is 0.273. The van der Waals surface area contributed by atoms with Crippen LogP contribution in [0.5, 0.6) is 0 Å². The monoisotopic (exact) mass is 243 g/mol. The lowest BCUT2D eigenvalue weighted by Crippen LogP contribution is -2.11. The summed E-state index contributed by atoms with van der Waals surface area (Å²) in [7, 11) is 0. The van der Waals surface area contributed by atoms with E-state index in [-0.39, 0.29) is 0 Å². The highest BCUT2D eigenvalue weighted by Crippen LogP contribution is 2.33. The Morgan fingerprint density at radius 2 is 2.13 bits per heavy atom. The highest BCUT2D eigenvalue weighted by molar-refractivity contribution is 6.44. The van der Waals surface area contributed by atoms with Crippen LogP contribution in [-0.2, 0) is 6.54 Å². The molecule has 0 aliphatic carbocycles. The Hall–Kier alpha value is -0.700. The molecule has 2 rings (SSSR count). The zero-order valence-electron chi connectivity index (χ0n) is 8.31. The van der Waals surface area contributed by atoms with E-state index in [9.17, 15) is 0 Å². The molecule has 0 unspecified atom stereocenters. The van der Waals surface area contributed by atoms with Crippen LogP contribution in [0, 0.1) is 0 Å². The third-order valence-electron chi connectivity index (χ3n) is 2.28. The highest BCUT2D eigenvalue weighted by atomic mass is 35.5. The molecular weight excluding hydrogens is 233 g/mol. The predicted molar refractivity (Wildman–Crippen MR) is 63.6 cm³/mol. The Bertz CT molecular complexity index is 479. The number of nitrogens with one attached hydrogen (secondary N) is 1. The number of hydrogen-bond acceptors (Lipinski definition) is 2. The van der Waals surface area contributed by atoms with Crippen LogP contribution in [0.15, 0.2) is 22.8 Å². The second-order valence-electron chi connectivity index (χ2n) is 3.28. The zero-order chi connectivity index (χ0) is 10.8. The Kier molecular flexibility index (Phi) is 3.19. The molecule has 0 amide bonds. The van der Waals surface area contributed by atoms with E-state index in [1.807, 2.05) is 6.07 Å². The van der Waals surface area contributed by atoms with Gasteiger partial charge in [0.15, 0.2) is 5.58 Å². The van der Waals surface area contributed by atoms with E-state index in [0.717, 1.165) is 24.0 Å². The molecule has 0 bridgehead atoms. The lowest BCUT2D eigenvalue weighted by atomic mass is 10.2. The first kappa shape index (κ1) is 10.8. The number of hydrogen-bond donors (Lipinski definition) is 1. The van der Waals surface area contributed by atoms with Crippen LogP contribution in [0.2, 0.25) is 10.0 Å². The third-order valence-corrected chi connectivity index (χ3v) is 3.07. The average molecular weight is 244 g/mol. The number of benzene rings is 1. The zero-order valence-corrected chi connectivity index (χ0v) is 9.82. The molecule has 1 heterocycles. The van der Waals surface area contributed by atoms with Crippen molar-refractivity contribution in [2.24, 2.45) is 0 Å². The van der Waals surface area contributed by atoms with Gasteiger partial charge in [-0.2, -0.15) is 0 Å². The maximum atomic E-state index is 6.03. The van der Waals surface area contributed by atoms with Crippen LogP contribution in [-0.4, -0.2) is 6.54 Å². The lowest BCUT2D eigenvalue weighted by Gasteiger charge is -1.99. The predicted octanol–water partition coefficient (Wildman–Crippen LogP) is 3.85. The van der Waals surface area contributed by atoms with Crippen molar-refractivity contribution in [1.29, 1.82) is 0 Å². The summed E-state index contributed by atoms with van der Waals surface area (Å²) in [6.07, 6.45) is 1.72. The summed E-state index contributed by atoms with van der Waals surface area (Å²) in [6.45, 7) is 3.77. The Balaban J connectivity index is 2.47. The molecule has 1 aromatic carbocycles. The molecule has 0 saturated heterocycles. The quantitative estimate of drug-likeness (QED) is 0.887. The molecule has 0 radical (unpaired) electrons. The van der Waals surface area contributed by atoms with Gasteiger partial charge in [-0.1, -0.05) is 30.1 Å². The highest BCUT2D eigenvalue weighted by Gasteiger charge is 2.10. The van der Waals surface area contributed by atoms with Crippen LogP contribution in [0.3, 0.4) is 0 Å². The van der Waals surface area contributed by atoms with Gasteiger partial charge in [0.2, 0.25) is 0 Å². The Morgan fingerprint density at radius 1 is 1.33 bits per heavy atom. The van der Waals surface area contributed by atoms with Gasteiger partial charge in [0, 0.05) is 17.5 Å². The summed E-state index contributed by atoms with van der Waals surface area (Å²) in [5.41, 5.74) is 1.77. The van der Waals surface area contributed by atoms with E-state index in [1.54, 1.807) is 12.3 Å². The van der Waals surface area contributed by atoms with E-state index in [1.165, 1.54) is 0 Å². The molecule has 0 aliphatic rings. The van der Waals surface area contributed by atoms with Crippen LogP contribution in [0.4, 0.5) is 0 Å². The van der Waals surface area contributed by atoms with E-state index in [0.29, 0.717) is 15.6 Å². The summed E-state index contributed by atoms with van der Waals surface area (Å²) in [5.74, 6) is 0. The second kappa shape index (κ2) is 4.44. The maximum absolute atomic E-state index is 6.03. The van der Waals surface area contributed by atoms with Gasteiger partial charge in [-0.3, -0.25) is 0 Å². The molecular formula is C11H11Cl2NO. The number of rotatable bonds is 3. The number of furan rings is 1. The molecule has 0 aliphatic heterocycles. The van der Waals surface area contributed by atoms with Crippen molar-refractivity contribution < 1.29 is 4.42 Å². The minimum Gasteiger partial charge on any atom is -0.462 e. The summed E-state index contributed by atoms with van der Waals surface area (Å²) < 4.78 is 5.40. The number of fused-ring (bicyclic) bond motifs is 1. The smallest absolute Gasteiger partial charge is 0.154 e. The van der Waals surface area contributed by atoms with Crippen molar-refractivity contribution in [2.75, 3.05) is 6.54 Å². The van der Waals surface area contributed by atoms with Gasteiger partial charge in [-0.25, -0.2) is 0 Å². The Labute approximate surface area is 98.2 Å². The first-order valence-corrected chi connectivity index (χ1v) is 5.54. The van der Waals surface area contributed by atoms with E-state index in [4.69, 9.17) is 27.6 Å². The minimum atomic E-state index is 0.483. The van der Waals surface area contributed by atoms with Crippen LogP contribution < -0.4 is 5.32 Å². The molecule has 15 heavy (non-hydrogen) atoms. The summed E-state index contributed by atoms with van der Waals surface area (Å²) >= 11 is 11.9. The fourth-order valence-electron chi connectivity index (χ4n) is 1.49. The van der Waals surface area contributed by atoms with Crippen molar-refractivity contribution in [3.63, 3.8) is 0 Å². The normalized spacial score (nSPS) is 11.1. The van der Waals surface area contributed by atoms with Crippen molar-refractivity contribution in [2.45, 2.75) is 13.5 Å². The molecule has 0 atom stereocenters. The molecule has 4 heteroatoms.